The number of hydrogen-bond acceptors (Lipinski definition) is 4. The SMILES string of the molecule is Cc1nc2n[nH]cc2c(C=O)c1O. The minimum atomic E-state index is -0.0797. The zero-order valence-electron chi connectivity index (χ0n) is 6.90. The summed E-state index contributed by atoms with van der Waals surface area (Å²) < 4.78 is 0. The van der Waals surface area contributed by atoms with Gasteiger partial charge >= 0.3 is 0 Å². The van der Waals surface area contributed by atoms with E-state index in [4.69, 9.17) is 0 Å². The summed E-state index contributed by atoms with van der Waals surface area (Å²) in [6.45, 7) is 1.62. The molecule has 0 amide bonds. The highest BCUT2D eigenvalue weighted by Gasteiger charge is 2.11. The molecule has 0 saturated heterocycles. The van der Waals surface area contributed by atoms with Crippen LogP contribution in [0.2, 0.25) is 0 Å². The monoisotopic (exact) mass is 177 g/mol. The van der Waals surface area contributed by atoms with Crippen LogP contribution < -0.4 is 0 Å². The second-order valence-corrected chi connectivity index (χ2v) is 2.70. The summed E-state index contributed by atoms with van der Waals surface area (Å²) in [5.41, 5.74) is 1.08. The van der Waals surface area contributed by atoms with Gasteiger partial charge in [-0.15, -0.1) is 0 Å². The summed E-state index contributed by atoms with van der Waals surface area (Å²) in [6.07, 6.45) is 2.13. The smallest absolute Gasteiger partial charge is 0.182 e. The fraction of sp³-hybridized carbons (Fsp3) is 0.125. The van der Waals surface area contributed by atoms with E-state index in [0.29, 0.717) is 23.0 Å². The standard InChI is InChI=1S/C8H7N3O2/c1-4-7(13)6(3-12)5-2-9-11-8(5)10-4/h2-3,13H,1H3,(H,9,10,11). The number of aldehydes is 1. The van der Waals surface area contributed by atoms with Crippen LogP contribution in [0.5, 0.6) is 5.75 Å². The number of pyridine rings is 1. The van der Waals surface area contributed by atoms with Crippen LogP contribution >= 0.6 is 0 Å². The molecular weight excluding hydrogens is 170 g/mol. The van der Waals surface area contributed by atoms with E-state index in [2.05, 4.69) is 15.2 Å². The minimum Gasteiger partial charge on any atom is -0.505 e. The summed E-state index contributed by atoms with van der Waals surface area (Å²) in [6, 6.07) is 0. The first-order valence-electron chi connectivity index (χ1n) is 3.72. The number of carbonyl (C=O) groups is 1. The maximum absolute atomic E-state index is 10.7. The van der Waals surface area contributed by atoms with Gasteiger partial charge in [-0.3, -0.25) is 9.89 Å². The molecule has 2 aromatic heterocycles. The van der Waals surface area contributed by atoms with Crippen LogP contribution in [0.1, 0.15) is 16.1 Å². The number of carbonyl (C=O) groups excluding carboxylic acids is 1. The van der Waals surface area contributed by atoms with Crippen molar-refractivity contribution in [2.24, 2.45) is 0 Å². The van der Waals surface area contributed by atoms with Gasteiger partial charge in [0.15, 0.2) is 11.9 Å². The third-order valence-electron chi connectivity index (χ3n) is 1.90. The Morgan fingerprint density at radius 3 is 3.08 bits per heavy atom. The Morgan fingerprint density at radius 2 is 2.38 bits per heavy atom. The van der Waals surface area contributed by atoms with Gasteiger partial charge in [0.1, 0.15) is 5.75 Å². The number of H-pyrrole nitrogens is 1. The van der Waals surface area contributed by atoms with Gasteiger partial charge in [-0.05, 0) is 6.92 Å². The predicted molar refractivity (Wildman–Crippen MR) is 45.7 cm³/mol. The lowest BCUT2D eigenvalue weighted by atomic mass is 10.1. The van der Waals surface area contributed by atoms with E-state index >= 15 is 0 Å². The Labute approximate surface area is 73.4 Å². The molecule has 0 bridgehead atoms. The van der Waals surface area contributed by atoms with Crippen molar-refractivity contribution in [3.05, 3.63) is 17.5 Å². The molecule has 0 saturated carbocycles. The Bertz CT molecular complexity index is 475. The van der Waals surface area contributed by atoms with Crippen LogP contribution in [-0.2, 0) is 0 Å². The molecule has 2 rings (SSSR count). The lowest BCUT2D eigenvalue weighted by Gasteiger charge is -2.00. The van der Waals surface area contributed by atoms with E-state index in [1.807, 2.05) is 0 Å². The van der Waals surface area contributed by atoms with Gasteiger partial charge in [0.25, 0.3) is 0 Å². The first-order chi connectivity index (χ1) is 6.24. The summed E-state index contributed by atoms with van der Waals surface area (Å²) in [5, 5.41) is 16.4. The van der Waals surface area contributed by atoms with E-state index in [0.717, 1.165) is 0 Å². The van der Waals surface area contributed by atoms with Gasteiger partial charge < -0.3 is 5.11 Å². The Morgan fingerprint density at radius 1 is 1.62 bits per heavy atom. The first kappa shape index (κ1) is 7.72. The number of aromatic nitrogens is 3. The lowest BCUT2D eigenvalue weighted by Crippen LogP contribution is -1.90. The zero-order chi connectivity index (χ0) is 9.42. The number of nitrogens with zero attached hydrogens (tertiary/aromatic N) is 2. The maximum atomic E-state index is 10.7. The van der Waals surface area contributed by atoms with Gasteiger partial charge in [-0.2, -0.15) is 5.10 Å². The molecule has 0 spiro atoms. The van der Waals surface area contributed by atoms with Crippen molar-refractivity contribution in [2.45, 2.75) is 6.92 Å². The lowest BCUT2D eigenvalue weighted by molar-refractivity contribution is 0.112. The molecule has 0 aliphatic carbocycles. The van der Waals surface area contributed by atoms with E-state index in [1.54, 1.807) is 6.92 Å². The molecule has 2 heterocycles. The quantitative estimate of drug-likeness (QED) is 0.631. The van der Waals surface area contributed by atoms with E-state index < -0.39 is 0 Å². The molecule has 0 aromatic carbocycles. The van der Waals surface area contributed by atoms with E-state index in [9.17, 15) is 9.90 Å². The highest BCUT2D eigenvalue weighted by atomic mass is 16.3. The molecule has 5 nitrogen and oxygen atoms in total. The molecule has 66 valence electrons. The number of rotatable bonds is 1. The Hall–Kier alpha value is -1.91. The van der Waals surface area contributed by atoms with Crippen LogP contribution in [0.3, 0.4) is 0 Å². The summed E-state index contributed by atoms with van der Waals surface area (Å²) in [4.78, 5) is 14.7. The third kappa shape index (κ3) is 0.970. The van der Waals surface area contributed by atoms with Crippen molar-refractivity contribution in [1.29, 1.82) is 0 Å². The molecule has 2 aromatic rings. The summed E-state index contributed by atoms with van der Waals surface area (Å²) >= 11 is 0. The predicted octanol–water partition coefficient (Wildman–Crippen LogP) is 0.784. The van der Waals surface area contributed by atoms with Crippen molar-refractivity contribution >= 4 is 17.3 Å². The Balaban J connectivity index is 2.95. The Kier molecular flexibility index (Phi) is 1.51. The van der Waals surface area contributed by atoms with Crippen molar-refractivity contribution in [3.8, 4) is 5.75 Å². The molecule has 0 aliphatic heterocycles. The molecule has 0 fully saturated rings. The summed E-state index contributed by atoms with van der Waals surface area (Å²) in [7, 11) is 0. The molecule has 0 aliphatic rings. The number of nitrogens with one attached hydrogen (secondary N) is 1. The van der Waals surface area contributed by atoms with Gasteiger partial charge in [0, 0.05) is 6.20 Å². The highest BCUT2D eigenvalue weighted by molar-refractivity contribution is 5.97. The molecule has 0 radical (unpaired) electrons. The second-order valence-electron chi connectivity index (χ2n) is 2.70. The molecule has 13 heavy (non-hydrogen) atoms. The van der Waals surface area contributed by atoms with Gasteiger partial charge in [-0.25, -0.2) is 4.98 Å². The second kappa shape index (κ2) is 2.55. The molecular formula is C8H7N3O2. The maximum Gasteiger partial charge on any atom is 0.182 e. The van der Waals surface area contributed by atoms with Crippen LogP contribution in [0.15, 0.2) is 6.20 Å². The topological polar surface area (TPSA) is 78.9 Å². The van der Waals surface area contributed by atoms with Crippen molar-refractivity contribution < 1.29 is 9.90 Å². The highest BCUT2D eigenvalue weighted by Crippen LogP contribution is 2.25. The number of aromatic hydroxyl groups is 1. The van der Waals surface area contributed by atoms with Crippen molar-refractivity contribution in [1.82, 2.24) is 15.2 Å². The van der Waals surface area contributed by atoms with Crippen LogP contribution in [-0.4, -0.2) is 26.6 Å². The number of hydrogen-bond donors (Lipinski definition) is 2. The first-order valence-corrected chi connectivity index (χ1v) is 3.72. The average molecular weight is 177 g/mol. The minimum absolute atomic E-state index is 0.0797. The summed E-state index contributed by atoms with van der Waals surface area (Å²) in [5.74, 6) is -0.0797. The fourth-order valence-electron chi connectivity index (χ4n) is 1.22. The van der Waals surface area contributed by atoms with Crippen LogP contribution in [0.4, 0.5) is 0 Å². The zero-order valence-corrected chi connectivity index (χ0v) is 6.90. The molecule has 5 heteroatoms. The fourth-order valence-corrected chi connectivity index (χ4v) is 1.22. The van der Waals surface area contributed by atoms with Gasteiger partial charge in [-0.1, -0.05) is 0 Å². The average Bonchev–Trinajstić information content (AvgIpc) is 2.54. The molecule has 2 N–H and O–H groups in total. The van der Waals surface area contributed by atoms with Crippen molar-refractivity contribution in [3.63, 3.8) is 0 Å². The largest absolute Gasteiger partial charge is 0.505 e. The van der Waals surface area contributed by atoms with E-state index in [1.165, 1.54) is 6.20 Å². The van der Waals surface area contributed by atoms with Crippen molar-refractivity contribution in [2.75, 3.05) is 0 Å². The number of aromatic amines is 1. The van der Waals surface area contributed by atoms with Gasteiger partial charge in [0.2, 0.25) is 0 Å². The molecule has 0 atom stereocenters. The normalized spacial score (nSPS) is 10.5. The third-order valence-corrected chi connectivity index (χ3v) is 1.90. The van der Waals surface area contributed by atoms with Crippen LogP contribution in [0.25, 0.3) is 11.0 Å². The van der Waals surface area contributed by atoms with Gasteiger partial charge in [0.05, 0.1) is 16.6 Å². The number of fused-ring (bicyclic) bond motifs is 1. The molecule has 0 unspecified atom stereocenters. The van der Waals surface area contributed by atoms with E-state index in [-0.39, 0.29) is 11.3 Å². The number of aryl methyl sites for hydroxylation is 1. The van der Waals surface area contributed by atoms with Crippen LogP contribution in [0, 0.1) is 6.92 Å².